The zero-order valence-corrected chi connectivity index (χ0v) is 11.8. The topological polar surface area (TPSA) is 26.0 Å². The molecule has 2 aromatic carbocycles. The van der Waals surface area contributed by atoms with Gasteiger partial charge in [0.2, 0.25) is 0 Å². The zero-order valence-electron chi connectivity index (χ0n) is 11.0. The van der Waals surface area contributed by atoms with Crippen LogP contribution in [0.2, 0.25) is 0 Å². The second kappa shape index (κ2) is 5.81. The van der Waals surface area contributed by atoms with Gasteiger partial charge in [0, 0.05) is 16.7 Å². The van der Waals surface area contributed by atoms with Crippen molar-refractivity contribution in [1.82, 2.24) is 0 Å². The molecule has 2 atom stereocenters. The summed E-state index contributed by atoms with van der Waals surface area (Å²) in [4.78, 5) is 1.46. The molecule has 2 aromatic rings. The van der Waals surface area contributed by atoms with Gasteiger partial charge in [0.05, 0.1) is 0 Å². The quantitative estimate of drug-likeness (QED) is 0.892. The van der Waals surface area contributed by atoms with Gasteiger partial charge < -0.3 is 5.73 Å². The monoisotopic (exact) mass is 269 g/mol. The minimum atomic E-state index is 0.166. The normalized spacial score (nSPS) is 19.1. The highest BCUT2D eigenvalue weighted by Crippen LogP contribution is 2.42. The number of nitrogens with two attached hydrogens (primary N) is 1. The molecular weight excluding hydrogens is 250 g/mol. The van der Waals surface area contributed by atoms with Crippen LogP contribution in [0.4, 0.5) is 0 Å². The number of rotatable bonds is 4. The number of thioether (sulfide) groups is 1. The van der Waals surface area contributed by atoms with Gasteiger partial charge in [-0.05, 0) is 36.0 Å². The summed E-state index contributed by atoms with van der Waals surface area (Å²) in [6, 6.07) is 19.4. The van der Waals surface area contributed by atoms with Gasteiger partial charge in [-0.15, -0.1) is 11.8 Å². The Bertz CT molecular complexity index is 538. The van der Waals surface area contributed by atoms with Crippen LogP contribution in [0.1, 0.15) is 35.9 Å². The van der Waals surface area contributed by atoms with E-state index in [0.717, 1.165) is 6.42 Å². The van der Waals surface area contributed by atoms with Crippen LogP contribution < -0.4 is 5.73 Å². The minimum Gasteiger partial charge on any atom is -0.324 e. The molecule has 2 unspecified atom stereocenters. The van der Waals surface area contributed by atoms with Crippen LogP contribution in [-0.4, -0.2) is 5.75 Å². The fraction of sp³-hybridized carbons (Fsp3) is 0.294. The summed E-state index contributed by atoms with van der Waals surface area (Å²) in [7, 11) is 0. The van der Waals surface area contributed by atoms with Crippen molar-refractivity contribution in [3.05, 3.63) is 65.7 Å². The highest BCUT2D eigenvalue weighted by atomic mass is 32.2. The maximum absolute atomic E-state index is 6.29. The van der Waals surface area contributed by atoms with Crippen LogP contribution in [0.5, 0.6) is 0 Å². The first-order valence-electron chi connectivity index (χ1n) is 6.87. The lowest BCUT2D eigenvalue weighted by Crippen LogP contribution is -2.11. The van der Waals surface area contributed by atoms with Crippen molar-refractivity contribution in [3.8, 4) is 0 Å². The molecule has 0 radical (unpaired) electrons. The molecule has 0 saturated heterocycles. The predicted molar refractivity (Wildman–Crippen MR) is 82.5 cm³/mol. The van der Waals surface area contributed by atoms with E-state index in [1.54, 1.807) is 0 Å². The van der Waals surface area contributed by atoms with Crippen molar-refractivity contribution < 1.29 is 0 Å². The molecule has 98 valence electrons. The summed E-state index contributed by atoms with van der Waals surface area (Å²) in [5.41, 5.74) is 9.06. The smallest absolute Gasteiger partial charge is 0.0295 e. The summed E-state index contributed by atoms with van der Waals surface area (Å²) >= 11 is 1.98. The zero-order chi connectivity index (χ0) is 13.1. The Hall–Kier alpha value is -1.25. The SMILES string of the molecule is NC(CCC1CSc2ccccc21)c1ccccc1. The van der Waals surface area contributed by atoms with Gasteiger partial charge in [0.25, 0.3) is 0 Å². The van der Waals surface area contributed by atoms with Crippen molar-refractivity contribution in [3.63, 3.8) is 0 Å². The average Bonchev–Trinajstić information content (AvgIpc) is 2.89. The van der Waals surface area contributed by atoms with E-state index >= 15 is 0 Å². The van der Waals surface area contributed by atoms with E-state index < -0.39 is 0 Å². The second-order valence-corrected chi connectivity index (χ2v) is 6.20. The highest BCUT2D eigenvalue weighted by Gasteiger charge is 2.23. The largest absolute Gasteiger partial charge is 0.324 e. The summed E-state index contributed by atoms with van der Waals surface area (Å²) in [6.07, 6.45) is 2.24. The summed E-state index contributed by atoms with van der Waals surface area (Å²) in [5.74, 6) is 1.89. The Morgan fingerprint density at radius 1 is 1.05 bits per heavy atom. The maximum Gasteiger partial charge on any atom is 0.0295 e. The van der Waals surface area contributed by atoms with E-state index in [9.17, 15) is 0 Å². The van der Waals surface area contributed by atoms with Crippen molar-refractivity contribution in [1.29, 1.82) is 0 Å². The molecule has 0 amide bonds. The molecule has 1 nitrogen and oxygen atoms in total. The summed E-state index contributed by atoms with van der Waals surface area (Å²) in [6.45, 7) is 0. The van der Waals surface area contributed by atoms with Gasteiger partial charge >= 0.3 is 0 Å². The molecule has 0 aromatic heterocycles. The first-order valence-corrected chi connectivity index (χ1v) is 7.85. The Morgan fingerprint density at radius 3 is 2.63 bits per heavy atom. The third-order valence-electron chi connectivity index (χ3n) is 3.85. The third-order valence-corrected chi connectivity index (χ3v) is 5.10. The van der Waals surface area contributed by atoms with Gasteiger partial charge in [-0.25, -0.2) is 0 Å². The molecule has 0 aliphatic carbocycles. The van der Waals surface area contributed by atoms with Crippen LogP contribution in [0.15, 0.2) is 59.5 Å². The Morgan fingerprint density at radius 2 is 1.79 bits per heavy atom. The highest BCUT2D eigenvalue weighted by molar-refractivity contribution is 7.99. The van der Waals surface area contributed by atoms with Crippen molar-refractivity contribution in [2.45, 2.75) is 29.7 Å². The molecule has 1 heterocycles. The average molecular weight is 269 g/mol. The number of benzene rings is 2. The predicted octanol–water partition coefficient (Wildman–Crippen LogP) is 4.36. The number of fused-ring (bicyclic) bond motifs is 1. The lowest BCUT2D eigenvalue weighted by molar-refractivity contribution is 0.564. The minimum absolute atomic E-state index is 0.166. The van der Waals surface area contributed by atoms with Gasteiger partial charge in [0.1, 0.15) is 0 Å². The summed E-state index contributed by atoms with van der Waals surface area (Å²) < 4.78 is 0. The maximum atomic E-state index is 6.29. The fourth-order valence-electron chi connectivity index (χ4n) is 2.72. The molecule has 19 heavy (non-hydrogen) atoms. The standard InChI is InChI=1S/C17H19NS/c18-16(13-6-2-1-3-7-13)11-10-14-12-19-17-9-5-4-8-15(14)17/h1-9,14,16H,10-12,18H2. The molecule has 1 aliphatic heterocycles. The van der Waals surface area contributed by atoms with Crippen molar-refractivity contribution >= 4 is 11.8 Å². The van der Waals surface area contributed by atoms with E-state index in [-0.39, 0.29) is 6.04 Å². The lowest BCUT2D eigenvalue weighted by atomic mass is 9.92. The first-order chi connectivity index (χ1) is 9.34. The van der Waals surface area contributed by atoms with Gasteiger partial charge in [-0.3, -0.25) is 0 Å². The molecule has 0 saturated carbocycles. The third kappa shape index (κ3) is 2.85. The van der Waals surface area contributed by atoms with Crippen LogP contribution >= 0.6 is 11.8 Å². The first kappa shape index (κ1) is 12.8. The van der Waals surface area contributed by atoms with Crippen LogP contribution in [0, 0.1) is 0 Å². The van der Waals surface area contributed by atoms with E-state index in [2.05, 4.69) is 48.5 Å². The molecule has 2 N–H and O–H groups in total. The lowest BCUT2D eigenvalue weighted by Gasteiger charge is -2.15. The van der Waals surface area contributed by atoms with E-state index in [0.29, 0.717) is 5.92 Å². The van der Waals surface area contributed by atoms with Crippen LogP contribution in [0.3, 0.4) is 0 Å². The van der Waals surface area contributed by atoms with Crippen LogP contribution in [0.25, 0.3) is 0 Å². The van der Waals surface area contributed by atoms with Crippen molar-refractivity contribution in [2.75, 3.05) is 5.75 Å². The Kier molecular flexibility index (Phi) is 3.90. The molecular formula is C17H19NS. The Balaban J connectivity index is 1.62. The van der Waals surface area contributed by atoms with Crippen molar-refractivity contribution in [2.24, 2.45) is 5.73 Å². The van der Waals surface area contributed by atoms with E-state index in [1.807, 2.05) is 17.8 Å². The fourth-order valence-corrected chi connectivity index (χ4v) is 4.02. The van der Waals surface area contributed by atoms with Gasteiger partial charge in [0.15, 0.2) is 0 Å². The molecule has 0 fully saturated rings. The second-order valence-electron chi connectivity index (χ2n) is 5.14. The van der Waals surface area contributed by atoms with E-state index in [1.165, 1.54) is 28.2 Å². The summed E-state index contributed by atoms with van der Waals surface area (Å²) in [5, 5.41) is 0. The number of hydrogen-bond acceptors (Lipinski definition) is 2. The van der Waals surface area contributed by atoms with Crippen LogP contribution in [-0.2, 0) is 0 Å². The molecule has 0 bridgehead atoms. The molecule has 3 rings (SSSR count). The Labute approximate surface area is 119 Å². The molecule has 2 heteroatoms. The molecule has 1 aliphatic rings. The van der Waals surface area contributed by atoms with Gasteiger partial charge in [-0.2, -0.15) is 0 Å². The molecule has 0 spiro atoms. The van der Waals surface area contributed by atoms with Gasteiger partial charge in [-0.1, -0.05) is 48.5 Å². The number of hydrogen-bond donors (Lipinski definition) is 1. The van der Waals surface area contributed by atoms with E-state index in [4.69, 9.17) is 5.73 Å².